The van der Waals surface area contributed by atoms with Crippen molar-refractivity contribution in [1.82, 2.24) is 10.3 Å². The number of nitrogens with zero attached hydrogens (tertiary/aromatic N) is 2. The lowest BCUT2D eigenvalue weighted by molar-refractivity contribution is -0.384. The number of urea groups is 1. The number of non-ortho nitro benzene ring substituents is 1. The summed E-state index contributed by atoms with van der Waals surface area (Å²) >= 11 is 5.90. The number of hydrogen-bond acceptors (Lipinski definition) is 5. The molecule has 0 bridgehead atoms. The quantitative estimate of drug-likeness (QED) is 0.644. The molecule has 2 aromatic rings. The van der Waals surface area contributed by atoms with E-state index in [2.05, 4.69) is 15.6 Å². The van der Waals surface area contributed by atoms with E-state index in [1.54, 1.807) is 18.3 Å². The normalized spacial score (nSPS) is 10.0. The second-order valence-corrected chi connectivity index (χ2v) is 4.84. The molecule has 0 aliphatic carbocycles. The summed E-state index contributed by atoms with van der Waals surface area (Å²) in [7, 11) is 1.50. The van der Waals surface area contributed by atoms with E-state index in [4.69, 9.17) is 16.3 Å². The second-order valence-electron chi connectivity index (χ2n) is 4.44. The van der Waals surface area contributed by atoms with Crippen molar-refractivity contribution >= 4 is 29.0 Å². The van der Waals surface area contributed by atoms with Crippen LogP contribution in [0.2, 0.25) is 5.02 Å². The predicted octanol–water partition coefficient (Wildman–Crippen LogP) is 2.97. The van der Waals surface area contributed by atoms with E-state index >= 15 is 0 Å². The highest BCUT2D eigenvalue weighted by Gasteiger charge is 2.11. The van der Waals surface area contributed by atoms with Gasteiger partial charge >= 0.3 is 6.03 Å². The van der Waals surface area contributed by atoms with E-state index in [0.29, 0.717) is 5.88 Å². The number of benzene rings is 1. The zero-order valence-electron chi connectivity index (χ0n) is 12.1. The number of nitro groups is 1. The third-order valence-corrected chi connectivity index (χ3v) is 3.19. The summed E-state index contributed by atoms with van der Waals surface area (Å²) in [5.74, 6) is 0.447. The van der Waals surface area contributed by atoms with Crippen LogP contribution < -0.4 is 15.4 Å². The van der Waals surface area contributed by atoms with Crippen LogP contribution in [0, 0.1) is 10.1 Å². The SMILES string of the molecule is COc1cc(CNC(=O)Nc2ccc([N+](=O)[O-])cc2Cl)ccn1. The number of nitrogens with one attached hydrogen (secondary N) is 2. The molecule has 2 N–H and O–H groups in total. The number of carbonyl (C=O) groups excluding carboxylic acids is 1. The molecule has 0 spiro atoms. The van der Waals surface area contributed by atoms with Crippen LogP contribution in [0.4, 0.5) is 16.2 Å². The standard InChI is InChI=1S/C14H13ClN4O4/c1-23-13-6-9(4-5-16-13)8-17-14(20)18-12-3-2-10(19(21)22)7-11(12)15/h2-7H,8H2,1H3,(H2,17,18,20). The predicted molar refractivity (Wildman–Crippen MR) is 84.8 cm³/mol. The van der Waals surface area contributed by atoms with Crippen molar-refractivity contribution < 1.29 is 14.5 Å². The van der Waals surface area contributed by atoms with E-state index < -0.39 is 11.0 Å². The molecule has 2 amide bonds. The Bertz CT molecular complexity index is 738. The van der Waals surface area contributed by atoms with Gasteiger partial charge in [-0.25, -0.2) is 9.78 Å². The van der Waals surface area contributed by atoms with Crippen LogP contribution >= 0.6 is 11.6 Å². The number of halogens is 1. The summed E-state index contributed by atoms with van der Waals surface area (Å²) in [5, 5.41) is 15.9. The van der Waals surface area contributed by atoms with Crippen LogP contribution in [0.3, 0.4) is 0 Å². The van der Waals surface area contributed by atoms with Gasteiger partial charge in [0.1, 0.15) is 0 Å². The minimum Gasteiger partial charge on any atom is -0.481 e. The molecule has 0 aliphatic heterocycles. The molecule has 0 radical (unpaired) electrons. The summed E-state index contributed by atoms with van der Waals surface area (Å²) in [5.41, 5.74) is 0.939. The first-order valence-corrected chi connectivity index (χ1v) is 6.85. The van der Waals surface area contributed by atoms with E-state index in [1.807, 2.05) is 0 Å². The molecule has 0 aliphatic rings. The topological polar surface area (TPSA) is 106 Å². The van der Waals surface area contributed by atoms with Crippen molar-refractivity contribution in [2.24, 2.45) is 0 Å². The molecular weight excluding hydrogens is 324 g/mol. The average Bonchev–Trinajstić information content (AvgIpc) is 2.55. The highest BCUT2D eigenvalue weighted by Crippen LogP contribution is 2.26. The van der Waals surface area contributed by atoms with Gasteiger partial charge < -0.3 is 15.4 Å². The van der Waals surface area contributed by atoms with Gasteiger partial charge in [0.25, 0.3) is 5.69 Å². The van der Waals surface area contributed by atoms with Crippen LogP contribution in [0.5, 0.6) is 5.88 Å². The molecule has 0 saturated heterocycles. The summed E-state index contributed by atoms with van der Waals surface area (Å²) in [6.45, 7) is 0.259. The molecule has 8 nitrogen and oxygen atoms in total. The smallest absolute Gasteiger partial charge is 0.319 e. The van der Waals surface area contributed by atoms with Gasteiger partial charge in [0, 0.05) is 30.9 Å². The van der Waals surface area contributed by atoms with Gasteiger partial charge in [-0.3, -0.25) is 10.1 Å². The fraction of sp³-hybridized carbons (Fsp3) is 0.143. The monoisotopic (exact) mass is 336 g/mol. The second kappa shape index (κ2) is 7.41. The van der Waals surface area contributed by atoms with Crippen molar-refractivity contribution in [3.63, 3.8) is 0 Å². The van der Waals surface area contributed by atoms with Gasteiger partial charge in [-0.15, -0.1) is 0 Å². The number of ether oxygens (including phenoxy) is 1. The lowest BCUT2D eigenvalue weighted by Crippen LogP contribution is -2.28. The Labute approximate surface area is 136 Å². The Morgan fingerprint density at radius 3 is 2.83 bits per heavy atom. The van der Waals surface area contributed by atoms with Crippen LogP contribution in [0.25, 0.3) is 0 Å². The van der Waals surface area contributed by atoms with Gasteiger partial charge in [-0.1, -0.05) is 11.6 Å². The number of pyridine rings is 1. The van der Waals surface area contributed by atoms with E-state index in [0.717, 1.165) is 5.56 Å². The highest BCUT2D eigenvalue weighted by molar-refractivity contribution is 6.33. The van der Waals surface area contributed by atoms with Gasteiger partial charge in [0.15, 0.2) is 0 Å². The maximum atomic E-state index is 11.8. The molecule has 2 rings (SSSR count). The first kappa shape index (κ1) is 16.5. The third kappa shape index (κ3) is 4.55. The van der Waals surface area contributed by atoms with E-state index in [9.17, 15) is 14.9 Å². The fourth-order valence-corrected chi connectivity index (χ4v) is 1.96. The maximum Gasteiger partial charge on any atom is 0.319 e. The third-order valence-electron chi connectivity index (χ3n) is 2.87. The fourth-order valence-electron chi connectivity index (χ4n) is 1.74. The minimum absolute atomic E-state index is 0.0833. The molecular formula is C14H13ClN4O4. The Hall–Kier alpha value is -2.87. The Morgan fingerprint density at radius 1 is 1.39 bits per heavy atom. The van der Waals surface area contributed by atoms with Crippen LogP contribution in [0.15, 0.2) is 36.5 Å². The molecule has 1 aromatic heterocycles. The van der Waals surface area contributed by atoms with Gasteiger partial charge in [-0.2, -0.15) is 0 Å². The Kier molecular flexibility index (Phi) is 5.32. The molecule has 1 heterocycles. The van der Waals surface area contributed by atoms with Gasteiger partial charge in [0.05, 0.1) is 22.7 Å². The molecule has 0 fully saturated rings. The van der Waals surface area contributed by atoms with Crippen molar-refractivity contribution in [3.8, 4) is 5.88 Å². The number of rotatable bonds is 5. The zero-order valence-corrected chi connectivity index (χ0v) is 12.8. The molecule has 0 atom stereocenters. The summed E-state index contributed by atoms with van der Waals surface area (Å²) < 4.78 is 4.99. The number of nitro benzene ring substituents is 1. The first-order valence-electron chi connectivity index (χ1n) is 6.47. The van der Waals surface area contributed by atoms with Crippen LogP contribution in [-0.4, -0.2) is 23.0 Å². The van der Waals surface area contributed by atoms with Crippen molar-refractivity contribution in [2.45, 2.75) is 6.54 Å². The lowest BCUT2D eigenvalue weighted by atomic mass is 10.2. The summed E-state index contributed by atoms with van der Waals surface area (Å²) in [6, 6.07) is 6.74. The molecule has 23 heavy (non-hydrogen) atoms. The maximum absolute atomic E-state index is 11.8. The van der Waals surface area contributed by atoms with Gasteiger partial charge in [-0.05, 0) is 17.7 Å². The number of carbonyl (C=O) groups is 1. The molecule has 0 unspecified atom stereocenters. The highest BCUT2D eigenvalue weighted by atomic mass is 35.5. The number of aromatic nitrogens is 1. The van der Waals surface area contributed by atoms with Crippen molar-refractivity contribution in [1.29, 1.82) is 0 Å². The average molecular weight is 337 g/mol. The molecule has 0 saturated carbocycles. The number of anilines is 1. The van der Waals surface area contributed by atoms with Gasteiger partial charge in [0.2, 0.25) is 5.88 Å². The van der Waals surface area contributed by atoms with E-state index in [-0.39, 0.29) is 22.9 Å². The minimum atomic E-state index is -0.563. The Balaban J connectivity index is 1.95. The number of methoxy groups -OCH3 is 1. The molecule has 1 aromatic carbocycles. The number of hydrogen-bond donors (Lipinski definition) is 2. The number of amides is 2. The van der Waals surface area contributed by atoms with Crippen LogP contribution in [-0.2, 0) is 6.54 Å². The zero-order chi connectivity index (χ0) is 16.8. The first-order chi connectivity index (χ1) is 11.0. The van der Waals surface area contributed by atoms with Crippen molar-refractivity contribution in [3.05, 3.63) is 57.2 Å². The molecule has 9 heteroatoms. The largest absolute Gasteiger partial charge is 0.481 e. The van der Waals surface area contributed by atoms with E-state index in [1.165, 1.54) is 25.3 Å². The summed E-state index contributed by atoms with van der Waals surface area (Å²) in [4.78, 5) is 25.9. The van der Waals surface area contributed by atoms with Crippen LogP contribution in [0.1, 0.15) is 5.56 Å². The molecule has 120 valence electrons. The van der Waals surface area contributed by atoms with Crippen molar-refractivity contribution in [2.75, 3.05) is 12.4 Å². The lowest BCUT2D eigenvalue weighted by Gasteiger charge is -2.09. The Morgan fingerprint density at radius 2 is 2.17 bits per heavy atom. The summed E-state index contributed by atoms with van der Waals surface area (Å²) in [6.07, 6.45) is 1.57.